The van der Waals surface area contributed by atoms with E-state index in [2.05, 4.69) is 15.9 Å². The number of carbonyl (C=O) groups is 1. The van der Waals surface area contributed by atoms with Crippen LogP contribution in [0, 0.1) is 5.82 Å². The standard InChI is InChI=1S/C28H24BrFN2O7S/c1-37-21-8-11-23-24(16-21)39-27(18-2-4-19(29)5-3-18)28(26(23)34)38-17-25(33)31-12-14-32(15-13-31)40(35,36)22-9-6-20(30)7-10-22/h2-11,16H,12-15,17H2,1H3. The van der Waals surface area contributed by atoms with E-state index in [1.54, 1.807) is 42.5 Å². The Morgan fingerprint density at radius 1 is 1.00 bits per heavy atom. The van der Waals surface area contributed by atoms with Crippen LogP contribution in [0.25, 0.3) is 22.3 Å². The number of rotatable bonds is 7. The zero-order chi connectivity index (χ0) is 28.4. The second-order valence-electron chi connectivity index (χ2n) is 8.99. The number of sulfonamides is 1. The van der Waals surface area contributed by atoms with Gasteiger partial charge in [0.25, 0.3) is 5.91 Å². The second-order valence-corrected chi connectivity index (χ2v) is 11.8. The number of amides is 1. The van der Waals surface area contributed by atoms with E-state index in [4.69, 9.17) is 13.9 Å². The summed E-state index contributed by atoms with van der Waals surface area (Å²) in [5, 5.41) is 0.267. The van der Waals surface area contributed by atoms with Crippen LogP contribution in [-0.4, -0.2) is 63.4 Å². The fourth-order valence-electron chi connectivity index (χ4n) is 4.36. The Morgan fingerprint density at radius 2 is 1.68 bits per heavy atom. The van der Waals surface area contributed by atoms with Crippen LogP contribution in [0.2, 0.25) is 0 Å². The first-order chi connectivity index (χ1) is 19.2. The molecular weight excluding hydrogens is 607 g/mol. The van der Waals surface area contributed by atoms with Crippen molar-refractivity contribution in [2.24, 2.45) is 0 Å². The molecule has 0 N–H and O–H groups in total. The van der Waals surface area contributed by atoms with Crippen molar-refractivity contribution < 1.29 is 31.5 Å². The summed E-state index contributed by atoms with van der Waals surface area (Å²) in [5.41, 5.74) is 0.441. The fourth-order valence-corrected chi connectivity index (χ4v) is 6.05. The van der Waals surface area contributed by atoms with Gasteiger partial charge in [0, 0.05) is 42.3 Å². The number of benzene rings is 3. The lowest BCUT2D eigenvalue weighted by Gasteiger charge is -2.34. The average molecular weight is 631 g/mol. The molecule has 208 valence electrons. The molecule has 0 saturated carbocycles. The lowest BCUT2D eigenvalue weighted by Crippen LogP contribution is -2.51. The molecule has 0 atom stereocenters. The summed E-state index contributed by atoms with van der Waals surface area (Å²) in [4.78, 5) is 27.9. The first-order valence-electron chi connectivity index (χ1n) is 12.2. The van der Waals surface area contributed by atoms with E-state index in [9.17, 15) is 22.4 Å². The van der Waals surface area contributed by atoms with Crippen LogP contribution >= 0.6 is 15.9 Å². The summed E-state index contributed by atoms with van der Waals surface area (Å²) >= 11 is 3.39. The van der Waals surface area contributed by atoms with Crippen molar-refractivity contribution in [3.8, 4) is 22.8 Å². The van der Waals surface area contributed by atoms with Gasteiger partial charge >= 0.3 is 0 Å². The molecule has 9 nitrogen and oxygen atoms in total. The average Bonchev–Trinajstić information content (AvgIpc) is 2.97. The highest BCUT2D eigenvalue weighted by Gasteiger charge is 2.30. The molecule has 1 aliphatic heterocycles. The van der Waals surface area contributed by atoms with Crippen molar-refractivity contribution in [1.82, 2.24) is 9.21 Å². The molecule has 0 radical (unpaired) electrons. The highest BCUT2D eigenvalue weighted by Crippen LogP contribution is 2.33. The van der Waals surface area contributed by atoms with E-state index >= 15 is 0 Å². The smallest absolute Gasteiger partial charge is 0.260 e. The minimum absolute atomic E-state index is 0.0156. The van der Waals surface area contributed by atoms with E-state index < -0.39 is 33.8 Å². The minimum atomic E-state index is -3.82. The summed E-state index contributed by atoms with van der Waals surface area (Å²) in [6, 6.07) is 16.5. The monoisotopic (exact) mass is 630 g/mol. The maximum atomic E-state index is 13.4. The van der Waals surface area contributed by atoms with Gasteiger partial charge < -0.3 is 18.8 Å². The predicted octanol–water partition coefficient (Wildman–Crippen LogP) is 4.28. The normalized spacial score (nSPS) is 14.3. The highest BCUT2D eigenvalue weighted by atomic mass is 79.9. The number of hydrogen-bond acceptors (Lipinski definition) is 7. The molecule has 4 aromatic rings. The number of carbonyl (C=O) groups excluding carboxylic acids is 1. The molecule has 40 heavy (non-hydrogen) atoms. The second kappa shape index (κ2) is 11.4. The number of ether oxygens (including phenoxy) is 2. The lowest BCUT2D eigenvalue weighted by molar-refractivity contribution is -0.134. The van der Waals surface area contributed by atoms with E-state index in [0.29, 0.717) is 16.9 Å². The summed E-state index contributed by atoms with van der Waals surface area (Å²) in [5.74, 6) is -0.360. The van der Waals surface area contributed by atoms with E-state index in [1.165, 1.54) is 28.4 Å². The summed E-state index contributed by atoms with van der Waals surface area (Å²) in [6.45, 7) is -0.0473. The van der Waals surface area contributed by atoms with Crippen LogP contribution in [0.4, 0.5) is 4.39 Å². The van der Waals surface area contributed by atoms with Gasteiger partial charge in [0.05, 0.1) is 17.4 Å². The van der Waals surface area contributed by atoms with Crippen LogP contribution in [-0.2, 0) is 14.8 Å². The topological polar surface area (TPSA) is 106 Å². The Hall–Kier alpha value is -3.74. The van der Waals surface area contributed by atoms with Crippen LogP contribution in [0.3, 0.4) is 0 Å². The highest BCUT2D eigenvalue weighted by molar-refractivity contribution is 9.10. The van der Waals surface area contributed by atoms with Gasteiger partial charge in [0.1, 0.15) is 17.1 Å². The zero-order valence-corrected chi connectivity index (χ0v) is 23.7. The SMILES string of the molecule is COc1ccc2c(=O)c(OCC(=O)N3CCN(S(=O)(=O)c4ccc(F)cc4)CC3)c(-c3ccc(Br)cc3)oc2c1. The van der Waals surface area contributed by atoms with Crippen molar-refractivity contribution >= 4 is 42.8 Å². The molecule has 1 amide bonds. The van der Waals surface area contributed by atoms with Gasteiger partial charge in [-0.1, -0.05) is 15.9 Å². The van der Waals surface area contributed by atoms with Crippen LogP contribution in [0.5, 0.6) is 11.5 Å². The van der Waals surface area contributed by atoms with Gasteiger partial charge in [-0.25, -0.2) is 12.8 Å². The summed E-state index contributed by atoms with van der Waals surface area (Å²) < 4.78 is 58.2. The quantitative estimate of drug-likeness (QED) is 0.300. The molecule has 0 unspecified atom stereocenters. The van der Waals surface area contributed by atoms with E-state index in [0.717, 1.165) is 16.6 Å². The number of nitrogens with zero attached hydrogens (tertiary/aromatic N) is 2. The van der Waals surface area contributed by atoms with Crippen molar-refractivity contribution in [3.05, 3.63) is 87.2 Å². The summed E-state index contributed by atoms with van der Waals surface area (Å²) in [7, 11) is -2.31. The molecule has 1 fully saturated rings. The maximum absolute atomic E-state index is 13.4. The Morgan fingerprint density at radius 3 is 2.33 bits per heavy atom. The molecule has 1 aromatic heterocycles. The minimum Gasteiger partial charge on any atom is -0.497 e. The van der Waals surface area contributed by atoms with Crippen LogP contribution in [0.15, 0.2) is 85.3 Å². The molecule has 1 aliphatic rings. The molecule has 1 saturated heterocycles. The molecule has 12 heteroatoms. The zero-order valence-electron chi connectivity index (χ0n) is 21.3. The third-order valence-corrected chi connectivity index (χ3v) is 8.99. The van der Waals surface area contributed by atoms with Crippen molar-refractivity contribution in [2.45, 2.75) is 4.90 Å². The number of methoxy groups -OCH3 is 1. The van der Waals surface area contributed by atoms with Gasteiger partial charge in [-0.3, -0.25) is 9.59 Å². The molecule has 0 bridgehead atoms. The Balaban J connectivity index is 1.34. The van der Waals surface area contributed by atoms with Crippen molar-refractivity contribution in [3.63, 3.8) is 0 Å². The first-order valence-corrected chi connectivity index (χ1v) is 14.5. The Bertz CT molecular complexity index is 1720. The Kier molecular flexibility index (Phi) is 7.92. The number of fused-ring (bicyclic) bond motifs is 1. The van der Waals surface area contributed by atoms with Crippen molar-refractivity contribution in [2.75, 3.05) is 39.9 Å². The largest absolute Gasteiger partial charge is 0.497 e. The van der Waals surface area contributed by atoms with E-state index in [1.807, 2.05) is 0 Å². The van der Waals surface area contributed by atoms with Crippen LogP contribution < -0.4 is 14.9 Å². The van der Waals surface area contributed by atoms with Gasteiger partial charge in [0.2, 0.25) is 21.2 Å². The lowest BCUT2D eigenvalue weighted by atomic mass is 10.1. The van der Waals surface area contributed by atoms with Gasteiger partial charge in [0.15, 0.2) is 12.4 Å². The van der Waals surface area contributed by atoms with Crippen molar-refractivity contribution in [1.29, 1.82) is 0 Å². The molecule has 0 spiro atoms. The molecular formula is C28H24BrFN2O7S. The maximum Gasteiger partial charge on any atom is 0.260 e. The molecule has 2 heterocycles. The molecule has 0 aliphatic carbocycles. The van der Waals surface area contributed by atoms with Gasteiger partial charge in [-0.15, -0.1) is 0 Å². The van der Waals surface area contributed by atoms with Gasteiger partial charge in [-0.05, 0) is 60.7 Å². The van der Waals surface area contributed by atoms with Crippen LogP contribution in [0.1, 0.15) is 0 Å². The third kappa shape index (κ3) is 5.60. The number of halogens is 2. The summed E-state index contributed by atoms with van der Waals surface area (Å²) in [6.07, 6.45) is 0. The molecule has 3 aromatic carbocycles. The van der Waals surface area contributed by atoms with Gasteiger partial charge in [-0.2, -0.15) is 4.31 Å². The molecule has 5 rings (SSSR count). The fraction of sp³-hybridized carbons (Fsp3) is 0.214. The predicted molar refractivity (Wildman–Crippen MR) is 149 cm³/mol. The number of piperazine rings is 1. The number of hydrogen-bond donors (Lipinski definition) is 0. The third-order valence-electron chi connectivity index (χ3n) is 6.55. The Labute approximate surface area is 237 Å². The first kappa shape index (κ1) is 27.8. The van der Waals surface area contributed by atoms with E-state index in [-0.39, 0.29) is 48.0 Å².